The average molecular weight is 521 g/mol. The molecule has 0 saturated carbocycles. The molecule has 0 unspecified atom stereocenters. The van der Waals surface area contributed by atoms with Gasteiger partial charge in [0.2, 0.25) is 0 Å². The molecule has 0 fully saturated rings. The van der Waals surface area contributed by atoms with E-state index in [1.807, 2.05) is 0 Å². The van der Waals surface area contributed by atoms with Crippen molar-refractivity contribution in [2.45, 2.75) is 0 Å². The smallest absolute Gasteiger partial charge is 0.267 e. The van der Waals surface area contributed by atoms with Crippen LogP contribution < -0.4 is 22.2 Å². The molecule has 6 aromatic rings. The minimum Gasteiger partial charge on any atom is -0.289 e. The van der Waals surface area contributed by atoms with Crippen LogP contribution in [0.15, 0.2) is 104 Å². The normalized spacial score (nSPS) is 10.9. The van der Waals surface area contributed by atoms with Crippen molar-refractivity contribution >= 4 is 27.3 Å². The molecule has 6 rings (SSSR count). The van der Waals surface area contributed by atoms with E-state index in [1.54, 1.807) is 54.6 Å². The van der Waals surface area contributed by atoms with Crippen LogP contribution in [0.5, 0.6) is 0 Å². The van der Waals surface area contributed by atoms with Gasteiger partial charge in [0.15, 0.2) is 5.78 Å². The first-order valence-electron chi connectivity index (χ1n) is 12.1. The predicted molar refractivity (Wildman–Crippen MR) is 153 cm³/mol. The highest BCUT2D eigenvalue weighted by Crippen LogP contribution is 2.25. The molecule has 188 valence electrons. The molecule has 0 aliphatic rings. The maximum atomic E-state index is 13.9. The lowest BCUT2D eigenvalue weighted by Gasteiger charge is -2.03. The van der Waals surface area contributed by atoms with Crippen molar-refractivity contribution in [3.8, 4) is 36.1 Å². The van der Waals surface area contributed by atoms with Gasteiger partial charge in [-0.25, -0.2) is 9.13 Å². The van der Waals surface area contributed by atoms with Gasteiger partial charge in [-0.05, 0) is 42.5 Å². The van der Waals surface area contributed by atoms with Crippen molar-refractivity contribution in [1.82, 2.24) is 9.13 Å². The fourth-order valence-corrected chi connectivity index (χ4v) is 5.01. The van der Waals surface area contributed by atoms with Gasteiger partial charge < -0.3 is 0 Å². The second-order valence-electron chi connectivity index (χ2n) is 9.07. The molecule has 0 N–H and O–H groups in total. The fourth-order valence-electron chi connectivity index (χ4n) is 5.01. The van der Waals surface area contributed by atoms with Crippen molar-refractivity contribution in [3.05, 3.63) is 149 Å². The number of terminal acetylenes is 2. The number of rotatable bonds is 4. The number of carbonyl (C=O) groups is 1. The summed E-state index contributed by atoms with van der Waals surface area (Å²) in [5.74, 6) is 4.34. The molecular weight excluding hydrogens is 504 g/mol. The highest BCUT2D eigenvalue weighted by Gasteiger charge is 2.28. The Morgan fingerprint density at radius 1 is 0.575 bits per heavy atom. The van der Waals surface area contributed by atoms with E-state index >= 15 is 0 Å². The summed E-state index contributed by atoms with van der Waals surface area (Å²) >= 11 is 0. The molecule has 0 bridgehead atoms. The number of nitrogens with zero attached hydrogens (tertiary/aromatic N) is 2. The van der Waals surface area contributed by atoms with Crippen molar-refractivity contribution in [3.63, 3.8) is 0 Å². The van der Waals surface area contributed by atoms with Crippen LogP contribution in [0.25, 0.3) is 32.9 Å². The van der Waals surface area contributed by atoms with E-state index in [-0.39, 0.29) is 44.0 Å². The van der Waals surface area contributed by atoms with E-state index in [9.17, 15) is 24.0 Å². The van der Waals surface area contributed by atoms with Gasteiger partial charge in [-0.15, -0.1) is 12.8 Å². The van der Waals surface area contributed by atoms with Crippen LogP contribution in [-0.4, -0.2) is 14.9 Å². The third kappa shape index (κ3) is 3.47. The number of ketones is 1. The fraction of sp³-hybridized carbons (Fsp3) is 0. The van der Waals surface area contributed by atoms with Gasteiger partial charge in [0.1, 0.15) is 0 Å². The Hall–Kier alpha value is -6.05. The molecular formula is C33H16N2O5. The second kappa shape index (κ2) is 9.05. The maximum absolute atomic E-state index is 13.9. The maximum Gasteiger partial charge on any atom is 0.267 e. The number of hydrogen-bond donors (Lipinski definition) is 0. The Morgan fingerprint density at radius 2 is 1.10 bits per heavy atom. The van der Waals surface area contributed by atoms with Gasteiger partial charge in [0, 0.05) is 22.3 Å². The lowest BCUT2D eigenvalue weighted by atomic mass is 9.96. The zero-order valence-electron chi connectivity index (χ0n) is 20.7. The topological polar surface area (TPSA) is 95.2 Å². The van der Waals surface area contributed by atoms with Crippen molar-refractivity contribution in [2.75, 3.05) is 0 Å². The lowest BCUT2D eigenvalue weighted by Crippen LogP contribution is -2.24. The molecule has 0 aliphatic carbocycles. The quantitative estimate of drug-likeness (QED) is 0.263. The molecule has 0 amide bonds. The minimum atomic E-state index is -0.839. The molecule has 0 aliphatic heterocycles. The number of hydrogen-bond acceptors (Lipinski definition) is 5. The first-order chi connectivity index (χ1) is 19.3. The van der Waals surface area contributed by atoms with Crippen LogP contribution in [0.2, 0.25) is 0 Å². The van der Waals surface area contributed by atoms with E-state index in [1.165, 1.54) is 30.3 Å². The van der Waals surface area contributed by atoms with E-state index in [2.05, 4.69) is 11.8 Å². The van der Waals surface area contributed by atoms with Gasteiger partial charge in [0.05, 0.1) is 32.9 Å². The van der Waals surface area contributed by atoms with E-state index in [4.69, 9.17) is 12.8 Å². The minimum absolute atomic E-state index is 0.158. The van der Waals surface area contributed by atoms with Crippen LogP contribution in [-0.2, 0) is 0 Å². The molecule has 0 atom stereocenters. The zero-order chi connectivity index (χ0) is 28.1. The molecule has 2 heterocycles. The van der Waals surface area contributed by atoms with Gasteiger partial charge in [-0.2, -0.15) is 0 Å². The molecule has 0 saturated heterocycles. The summed E-state index contributed by atoms with van der Waals surface area (Å²) in [6.07, 6.45) is 11.0. The molecule has 40 heavy (non-hydrogen) atoms. The molecule has 0 spiro atoms. The SMILES string of the molecule is C#Cc1cccc(-n2c(=O)c3cc(C(=O)c4ccccc4)c4c(=O)n(-c5cccc(C#C)c5)c(=O)c4c3c2=O)c1. The second-order valence-corrected chi connectivity index (χ2v) is 9.07. The summed E-state index contributed by atoms with van der Waals surface area (Å²) in [5, 5.41) is -0.954. The standard InChI is InChI=1S/C33H16N2O5/c1-3-19-10-8-14-22(16-19)34-30(37)25-18-24(29(36)21-12-6-5-7-13-21)26-28(27(25)32(34)39)33(40)35(31(26)38)23-15-9-11-20(4-2)17-23/h1-2,5-18H. The molecule has 0 radical (unpaired) electrons. The first kappa shape index (κ1) is 24.3. The summed E-state index contributed by atoms with van der Waals surface area (Å²) in [6.45, 7) is 0. The van der Waals surface area contributed by atoms with Crippen LogP contribution in [0, 0.1) is 24.7 Å². The molecule has 7 heteroatoms. The number of carbonyl (C=O) groups excluding carboxylic acids is 1. The summed E-state index contributed by atoms with van der Waals surface area (Å²) < 4.78 is 1.76. The van der Waals surface area contributed by atoms with E-state index in [0.717, 1.165) is 9.13 Å². The molecule has 4 aromatic carbocycles. The first-order valence-corrected chi connectivity index (χ1v) is 12.1. The monoisotopic (exact) mass is 520 g/mol. The summed E-state index contributed by atoms with van der Waals surface area (Å²) in [4.78, 5) is 68.9. The third-order valence-electron chi connectivity index (χ3n) is 6.83. The van der Waals surface area contributed by atoms with Crippen molar-refractivity contribution in [1.29, 1.82) is 0 Å². The third-order valence-corrected chi connectivity index (χ3v) is 6.83. The number of aromatic nitrogens is 2. The predicted octanol–water partition coefficient (Wildman–Crippen LogP) is 3.08. The van der Waals surface area contributed by atoms with Crippen molar-refractivity contribution < 1.29 is 4.79 Å². The lowest BCUT2D eigenvalue weighted by molar-refractivity contribution is 0.104. The highest BCUT2D eigenvalue weighted by molar-refractivity contribution is 6.22. The van der Waals surface area contributed by atoms with Gasteiger partial charge in [0.25, 0.3) is 22.2 Å². The van der Waals surface area contributed by atoms with Crippen LogP contribution in [0.3, 0.4) is 0 Å². The Kier molecular flexibility index (Phi) is 5.50. The summed E-state index contributed by atoms with van der Waals surface area (Å²) in [6, 6.07) is 21.8. The van der Waals surface area contributed by atoms with Crippen LogP contribution in [0.1, 0.15) is 27.0 Å². The van der Waals surface area contributed by atoms with Crippen molar-refractivity contribution in [2.24, 2.45) is 0 Å². The summed E-state index contributed by atoms with van der Waals surface area (Å²) in [7, 11) is 0. The van der Waals surface area contributed by atoms with Crippen LogP contribution in [0.4, 0.5) is 0 Å². The Bertz CT molecular complexity index is 2340. The molecule has 7 nitrogen and oxygen atoms in total. The van der Waals surface area contributed by atoms with Gasteiger partial charge in [-0.3, -0.25) is 24.0 Å². The van der Waals surface area contributed by atoms with E-state index in [0.29, 0.717) is 11.1 Å². The number of benzene rings is 4. The molecule has 2 aromatic heterocycles. The van der Waals surface area contributed by atoms with Crippen LogP contribution >= 0.6 is 0 Å². The van der Waals surface area contributed by atoms with Gasteiger partial charge in [-0.1, -0.05) is 54.3 Å². The Balaban J connectivity index is 1.81. The largest absolute Gasteiger partial charge is 0.289 e. The van der Waals surface area contributed by atoms with Gasteiger partial charge >= 0.3 is 0 Å². The Morgan fingerprint density at radius 3 is 1.68 bits per heavy atom. The Labute approximate surface area is 225 Å². The average Bonchev–Trinajstić information content (AvgIpc) is 3.40. The highest BCUT2D eigenvalue weighted by atomic mass is 16.2. The summed E-state index contributed by atoms with van der Waals surface area (Å²) in [5.41, 5.74) is -1.88. The zero-order valence-corrected chi connectivity index (χ0v) is 20.7. The number of fused-ring (bicyclic) bond motifs is 3. The van der Waals surface area contributed by atoms with E-state index < -0.39 is 28.0 Å².